The lowest BCUT2D eigenvalue weighted by atomic mass is 10.3. The molecule has 6 heteroatoms. The van der Waals surface area contributed by atoms with Crippen molar-refractivity contribution in [1.82, 2.24) is 4.90 Å². The van der Waals surface area contributed by atoms with Crippen molar-refractivity contribution < 1.29 is 9.53 Å². The van der Waals surface area contributed by atoms with Gasteiger partial charge in [-0.3, -0.25) is 5.32 Å². The van der Waals surface area contributed by atoms with Gasteiger partial charge in [0.15, 0.2) is 0 Å². The summed E-state index contributed by atoms with van der Waals surface area (Å²) in [5.41, 5.74) is 0.439. The molecule has 1 aromatic rings. The highest BCUT2D eigenvalue weighted by Crippen LogP contribution is 2.25. The number of nitrogens with zero attached hydrogens (tertiary/aromatic N) is 1. The SMILES string of the molecule is CN(C)CCOC(=O)Nc1cc(Cl)ccc1Cl. The summed E-state index contributed by atoms with van der Waals surface area (Å²) in [4.78, 5) is 13.3. The van der Waals surface area contributed by atoms with Crippen molar-refractivity contribution in [1.29, 1.82) is 0 Å². The van der Waals surface area contributed by atoms with Crippen molar-refractivity contribution >= 4 is 35.0 Å². The predicted octanol–water partition coefficient (Wildman–Crippen LogP) is 3.10. The molecule has 0 heterocycles. The molecule has 0 aliphatic heterocycles. The minimum Gasteiger partial charge on any atom is -0.448 e. The van der Waals surface area contributed by atoms with E-state index in [1.54, 1.807) is 18.2 Å². The van der Waals surface area contributed by atoms with Gasteiger partial charge in [-0.25, -0.2) is 4.79 Å². The van der Waals surface area contributed by atoms with Gasteiger partial charge in [-0.1, -0.05) is 23.2 Å². The lowest BCUT2D eigenvalue weighted by Crippen LogP contribution is -2.22. The normalized spacial score (nSPS) is 10.4. The minimum absolute atomic E-state index is 0.316. The first kappa shape index (κ1) is 14.1. The average Bonchev–Trinajstić information content (AvgIpc) is 2.23. The van der Waals surface area contributed by atoms with Gasteiger partial charge in [0.05, 0.1) is 10.7 Å². The number of hydrogen-bond donors (Lipinski definition) is 1. The molecule has 1 rings (SSSR count). The van der Waals surface area contributed by atoms with Crippen LogP contribution in [-0.4, -0.2) is 38.2 Å². The van der Waals surface area contributed by atoms with E-state index in [4.69, 9.17) is 27.9 Å². The molecule has 0 radical (unpaired) electrons. The number of nitrogens with one attached hydrogen (secondary N) is 1. The van der Waals surface area contributed by atoms with Crippen molar-refractivity contribution in [3.05, 3.63) is 28.2 Å². The lowest BCUT2D eigenvalue weighted by molar-refractivity contribution is 0.151. The van der Waals surface area contributed by atoms with E-state index in [0.717, 1.165) is 0 Å². The number of anilines is 1. The molecule has 1 amide bonds. The number of likely N-dealkylation sites (N-methyl/N-ethyl adjacent to an activating group) is 1. The molecule has 94 valence electrons. The Labute approximate surface area is 110 Å². The average molecular weight is 277 g/mol. The summed E-state index contributed by atoms with van der Waals surface area (Å²) in [6, 6.07) is 4.82. The smallest absolute Gasteiger partial charge is 0.411 e. The fraction of sp³-hybridized carbons (Fsp3) is 0.364. The summed E-state index contributed by atoms with van der Waals surface area (Å²) in [6.07, 6.45) is -0.545. The van der Waals surface area contributed by atoms with Crippen LogP contribution in [0.15, 0.2) is 18.2 Å². The Morgan fingerprint density at radius 1 is 1.41 bits per heavy atom. The molecule has 0 saturated carbocycles. The largest absolute Gasteiger partial charge is 0.448 e. The zero-order valence-corrected chi connectivity index (χ0v) is 11.2. The van der Waals surface area contributed by atoms with E-state index in [-0.39, 0.29) is 0 Å². The van der Waals surface area contributed by atoms with Crippen molar-refractivity contribution in [2.45, 2.75) is 0 Å². The third kappa shape index (κ3) is 5.26. The second-order valence-corrected chi connectivity index (χ2v) is 4.53. The second kappa shape index (κ2) is 6.69. The van der Waals surface area contributed by atoms with E-state index in [9.17, 15) is 4.79 Å². The third-order valence-corrected chi connectivity index (χ3v) is 2.50. The molecule has 0 aliphatic carbocycles. The summed E-state index contributed by atoms with van der Waals surface area (Å²) >= 11 is 11.7. The number of carbonyl (C=O) groups is 1. The molecule has 1 N–H and O–H groups in total. The van der Waals surface area contributed by atoms with Crippen molar-refractivity contribution in [3.8, 4) is 0 Å². The second-order valence-electron chi connectivity index (χ2n) is 3.69. The standard InChI is InChI=1S/C11H14Cl2N2O2/c1-15(2)5-6-17-11(16)14-10-7-8(12)3-4-9(10)13/h3-4,7H,5-6H2,1-2H3,(H,14,16). The predicted molar refractivity (Wildman–Crippen MR) is 70.0 cm³/mol. The first-order valence-electron chi connectivity index (χ1n) is 5.02. The molecule has 1 aromatic carbocycles. The molecular weight excluding hydrogens is 263 g/mol. The van der Waals surface area contributed by atoms with E-state index < -0.39 is 6.09 Å². The Morgan fingerprint density at radius 2 is 2.12 bits per heavy atom. The van der Waals surface area contributed by atoms with Crippen LogP contribution >= 0.6 is 23.2 Å². The molecule has 0 spiro atoms. The van der Waals surface area contributed by atoms with Crippen molar-refractivity contribution in [3.63, 3.8) is 0 Å². The van der Waals surface area contributed by atoms with Crippen LogP contribution in [0.2, 0.25) is 10.0 Å². The summed E-state index contributed by atoms with van der Waals surface area (Å²) in [6.45, 7) is 0.980. The Bertz CT molecular complexity index is 397. The molecule has 0 fully saturated rings. The number of carbonyl (C=O) groups excluding carboxylic acids is 1. The maximum Gasteiger partial charge on any atom is 0.411 e. The minimum atomic E-state index is -0.545. The summed E-state index contributed by atoms with van der Waals surface area (Å²) in [5.74, 6) is 0. The maximum atomic E-state index is 11.4. The van der Waals surface area contributed by atoms with Gasteiger partial charge in [0.25, 0.3) is 0 Å². The quantitative estimate of drug-likeness (QED) is 0.919. The Balaban J connectivity index is 2.47. The van der Waals surface area contributed by atoms with Gasteiger partial charge in [0.2, 0.25) is 0 Å². The van der Waals surface area contributed by atoms with Gasteiger partial charge in [0, 0.05) is 11.6 Å². The Kier molecular flexibility index (Phi) is 5.55. The molecule has 4 nitrogen and oxygen atoms in total. The van der Waals surface area contributed by atoms with Gasteiger partial charge in [-0.2, -0.15) is 0 Å². The number of amides is 1. The highest BCUT2D eigenvalue weighted by atomic mass is 35.5. The Hall–Kier alpha value is -0.970. The number of rotatable bonds is 4. The highest BCUT2D eigenvalue weighted by Gasteiger charge is 2.07. The fourth-order valence-electron chi connectivity index (χ4n) is 1.06. The van der Waals surface area contributed by atoms with Crippen LogP contribution in [0.25, 0.3) is 0 Å². The van der Waals surface area contributed by atoms with Crippen LogP contribution < -0.4 is 5.32 Å². The molecule has 17 heavy (non-hydrogen) atoms. The van der Waals surface area contributed by atoms with Gasteiger partial charge < -0.3 is 9.64 Å². The zero-order chi connectivity index (χ0) is 12.8. The van der Waals surface area contributed by atoms with Crippen molar-refractivity contribution in [2.75, 3.05) is 32.6 Å². The van der Waals surface area contributed by atoms with Gasteiger partial charge in [-0.15, -0.1) is 0 Å². The van der Waals surface area contributed by atoms with Crippen LogP contribution in [0, 0.1) is 0 Å². The number of halogens is 2. The molecule has 0 unspecified atom stereocenters. The van der Waals surface area contributed by atoms with E-state index in [1.807, 2.05) is 19.0 Å². The molecule has 0 atom stereocenters. The van der Waals surface area contributed by atoms with Crippen LogP contribution in [-0.2, 0) is 4.74 Å². The fourth-order valence-corrected chi connectivity index (χ4v) is 1.40. The first-order chi connectivity index (χ1) is 7.99. The first-order valence-corrected chi connectivity index (χ1v) is 5.78. The van der Waals surface area contributed by atoms with Gasteiger partial charge in [0.1, 0.15) is 6.61 Å². The van der Waals surface area contributed by atoms with E-state index >= 15 is 0 Å². The van der Waals surface area contributed by atoms with E-state index in [1.165, 1.54) is 0 Å². The van der Waals surface area contributed by atoms with Gasteiger partial charge >= 0.3 is 6.09 Å². The van der Waals surface area contributed by atoms with Crippen LogP contribution in [0.4, 0.5) is 10.5 Å². The molecular formula is C11H14Cl2N2O2. The van der Waals surface area contributed by atoms with Crippen LogP contribution in [0.3, 0.4) is 0 Å². The van der Waals surface area contributed by atoms with Crippen molar-refractivity contribution in [2.24, 2.45) is 0 Å². The van der Waals surface area contributed by atoms with E-state index in [2.05, 4.69) is 5.32 Å². The summed E-state index contributed by atoms with van der Waals surface area (Å²) < 4.78 is 4.96. The number of ether oxygens (including phenoxy) is 1. The maximum absolute atomic E-state index is 11.4. The number of hydrogen-bond acceptors (Lipinski definition) is 3. The zero-order valence-electron chi connectivity index (χ0n) is 9.67. The summed E-state index contributed by atoms with van der Waals surface area (Å²) in [5, 5.41) is 3.44. The van der Waals surface area contributed by atoms with E-state index in [0.29, 0.717) is 28.9 Å². The topological polar surface area (TPSA) is 41.6 Å². The van der Waals surface area contributed by atoms with Crippen LogP contribution in [0.5, 0.6) is 0 Å². The van der Waals surface area contributed by atoms with Gasteiger partial charge in [-0.05, 0) is 32.3 Å². The monoisotopic (exact) mass is 276 g/mol. The molecule has 0 saturated heterocycles. The molecule has 0 bridgehead atoms. The molecule has 0 aromatic heterocycles. The van der Waals surface area contributed by atoms with Crippen LogP contribution in [0.1, 0.15) is 0 Å². The summed E-state index contributed by atoms with van der Waals surface area (Å²) in [7, 11) is 3.80. The Morgan fingerprint density at radius 3 is 2.76 bits per heavy atom. The highest BCUT2D eigenvalue weighted by molar-refractivity contribution is 6.35. The lowest BCUT2D eigenvalue weighted by Gasteiger charge is -2.11. The molecule has 0 aliphatic rings. The third-order valence-electron chi connectivity index (χ3n) is 1.94. The number of benzene rings is 1.